The highest BCUT2D eigenvalue weighted by atomic mass is 16.2. The summed E-state index contributed by atoms with van der Waals surface area (Å²) in [6.07, 6.45) is 4.03. The maximum Gasteiger partial charge on any atom is 0.262 e. The van der Waals surface area contributed by atoms with Crippen LogP contribution in [0.3, 0.4) is 0 Å². The molecule has 0 aliphatic carbocycles. The average Bonchev–Trinajstić information content (AvgIpc) is 2.91. The van der Waals surface area contributed by atoms with Gasteiger partial charge >= 0.3 is 0 Å². The highest BCUT2D eigenvalue weighted by Crippen LogP contribution is 2.29. The van der Waals surface area contributed by atoms with Gasteiger partial charge in [-0.1, -0.05) is 12.5 Å². The van der Waals surface area contributed by atoms with Crippen molar-refractivity contribution in [1.29, 1.82) is 0 Å². The monoisotopic (exact) mass is 410 g/mol. The molecule has 1 aromatic rings. The highest BCUT2D eigenvalue weighted by molar-refractivity contribution is 6.23. The molecule has 3 atom stereocenters. The fourth-order valence-electron chi connectivity index (χ4n) is 5.26. The van der Waals surface area contributed by atoms with Gasteiger partial charge in [-0.15, -0.1) is 0 Å². The Morgan fingerprint density at radius 1 is 0.967 bits per heavy atom. The number of hydrogen-bond acceptors (Lipinski definition) is 6. The van der Waals surface area contributed by atoms with E-state index in [4.69, 9.17) is 0 Å². The van der Waals surface area contributed by atoms with E-state index in [1.54, 1.807) is 12.1 Å². The molecule has 0 spiro atoms. The lowest BCUT2D eigenvalue weighted by Gasteiger charge is -2.28. The van der Waals surface area contributed by atoms with Crippen LogP contribution in [-0.2, 0) is 16.1 Å². The SMILES string of the molecule is O=C1CCC(N2C(=O)c3ccc(CN4CC5CCCC(C4)NC5)cc3C2=O)C(=O)N1. The van der Waals surface area contributed by atoms with Gasteiger partial charge in [0.05, 0.1) is 11.1 Å². The number of carbonyl (C=O) groups is 4. The molecule has 2 N–H and O–H groups in total. The van der Waals surface area contributed by atoms with Gasteiger partial charge in [-0.25, -0.2) is 0 Å². The molecular weight excluding hydrogens is 384 g/mol. The molecule has 4 aliphatic rings. The first-order valence-corrected chi connectivity index (χ1v) is 10.8. The van der Waals surface area contributed by atoms with Gasteiger partial charge in [0.2, 0.25) is 11.8 Å². The van der Waals surface area contributed by atoms with E-state index in [9.17, 15) is 19.2 Å². The van der Waals surface area contributed by atoms with Crippen LogP contribution in [0.1, 0.15) is 58.4 Å². The quantitative estimate of drug-likeness (QED) is 0.711. The first kappa shape index (κ1) is 19.4. The van der Waals surface area contributed by atoms with Crippen LogP contribution in [0.2, 0.25) is 0 Å². The van der Waals surface area contributed by atoms with Crippen LogP contribution in [0.15, 0.2) is 18.2 Å². The molecule has 5 rings (SSSR count). The molecule has 1 aromatic carbocycles. The summed E-state index contributed by atoms with van der Waals surface area (Å²) in [6.45, 7) is 3.83. The molecule has 0 radical (unpaired) electrons. The summed E-state index contributed by atoms with van der Waals surface area (Å²) in [7, 11) is 0. The lowest BCUT2D eigenvalue weighted by molar-refractivity contribution is -0.136. The van der Waals surface area contributed by atoms with Gasteiger partial charge in [0.1, 0.15) is 6.04 Å². The molecule has 4 amide bonds. The van der Waals surface area contributed by atoms with E-state index in [1.807, 2.05) is 6.07 Å². The molecular formula is C22H26N4O4. The molecule has 0 saturated carbocycles. The maximum atomic E-state index is 13.0. The summed E-state index contributed by atoms with van der Waals surface area (Å²) in [5, 5.41) is 5.88. The van der Waals surface area contributed by atoms with E-state index in [-0.39, 0.29) is 18.7 Å². The number of piperidine rings is 1. The van der Waals surface area contributed by atoms with Crippen molar-refractivity contribution >= 4 is 23.6 Å². The van der Waals surface area contributed by atoms with E-state index in [0.29, 0.717) is 23.1 Å². The second-order valence-corrected chi connectivity index (χ2v) is 8.92. The van der Waals surface area contributed by atoms with Crippen molar-refractivity contribution in [2.24, 2.45) is 5.92 Å². The highest BCUT2D eigenvalue weighted by Gasteiger charge is 2.44. The summed E-state index contributed by atoms with van der Waals surface area (Å²) in [6, 6.07) is 5.00. The van der Waals surface area contributed by atoms with Crippen molar-refractivity contribution in [1.82, 2.24) is 20.4 Å². The van der Waals surface area contributed by atoms with Crippen LogP contribution >= 0.6 is 0 Å². The average molecular weight is 410 g/mol. The van der Waals surface area contributed by atoms with Crippen LogP contribution in [0.5, 0.6) is 0 Å². The van der Waals surface area contributed by atoms with Crippen molar-refractivity contribution in [3.63, 3.8) is 0 Å². The van der Waals surface area contributed by atoms with Crippen molar-refractivity contribution in [3.05, 3.63) is 34.9 Å². The standard InChI is InChI=1S/C22H26N4O4/c27-19-7-6-18(20(28)24-19)26-21(29)16-5-4-13(8-17(16)22(26)30)10-25-11-14-2-1-3-15(12-25)23-9-14/h4-5,8,14-15,18,23H,1-3,6-7,9-12H2,(H,24,27,28). The summed E-state index contributed by atoms with van der Waals surface area (Å²) >= 11 is 0. The van der Waals surface area contributed by atoms with Crippen molar-refractivity contribution in [2.45, 2.75) is 50.7 Å². The van der Waals surface area contributed by atoms with Gasteiger partial charge in [-0.05, 0) is 49.4 Å². The van der Waals surface area contributed by atoms with Crippen LogP contribution in [0, 0.1) is 5.92 Å². The normalized spacial score (nSPS) is 29.6. The number of carbonyl (C=O) groups excluding carboxylic acids is 4. The minimum Gasteiger partial charge on any atom is -0.312 e. The number of nitrogens with one attached hydrogen (secondary N) is 2. The Bertz CT molecular complexity index is 916. The first-order valence-electron chi connectivity index (χ1n) is 10.8. The van der Waals surface area contributed by atoms with E-state index in [1.165, 1.54) is 19.3 Å². The lowest BCUT2D eigenvalue weighted by Crippen LogP contribution is -2.54. The zero-order valence-corrected chi connectivity index (χ0v) is 16.9. The molecule has 3 fully saturated rings. The smallest absolute Gasteiger partial charge is 0.262 e. The number of hydrogen-bond donors (Lipinski definition) is 2. The summed E-state index contributed by atoms with van der Waals surface area (Å²) in [5.41, 5.74) is 1.69. The van der Waals surface area contributed by atoms with Gasteiger partial charge in [-0.3, -0.25) is 34.3 Å². The third-order valence-electron chi connectivity index (χ3n) is 6.77. The van der Waals surface area contributed by atoms with Crippen molar-refractivity contribution < 1.29 is 19.2 Å². The molecule has 8 nitrogen and oxygen atoms in total. The minimum absolute atomic E-state index is 0.125. The van der Waals surface area contributed by atoms with E-state index < -0.39 is 23.8 Å². The molecule has 4 aliphatic heterocycles. The molecule has 3 saturated heterocycles. The maximum absolute atomic E-state index is 13.0. The van der Waals surface area contributed by atoms with Gasteiger partial charge in [0.25, 0.3) is 11.8 Å². The number of fused-ring (bicyclic) bond motifs is 4. The molecule has 4 heterocycles. The Labute approximate surface area is 175 Å². The van der Waals surface area contributed by atoms with Crippen LogP contribution in [-0.4, -0.2) is 65.1 Å². The second-order valence-electron chi connectivity index (χ2n) is 8.92. The molecule has 158 valence electrons. The topological polar surface area (TPSA) is 98.8 Å². The summed E-state index contributed by atoms with van der Waals surface area (Å²) in [5.74, 6) is -1.19. The fourth-order valence-corrected chi connectivity index (χ4v) is 5.26. The van der Waals surface area contributed by atoms with Crippen LogP contribution < -0.4 is 10.6 Å². The number of rotatable bonds is 3. The van der Waals surface area contributed by atoms with Crippen LogP contribution in [0.4, 0.5) is 0 Å². The number of nitrogens with zero attached hydrogens (tertiary/aromatic N) is 2. The number of imide groups is 2. The minimum atomic E-state index is -0.922. The van der Waals surface area contributed by atoms with E-state index in [2.05, 4.69) is 15.5 Å². The Hall–Kier alpha value is -2.58. The first-order chi connectivity index (χ1) is 14.5. The summed E-state index contributed by atoms with van der Waals surface area (Å²) < 4.78 is 0. The number of benzene rings is 1. The predicted molar refractivity (Wildman–Crippen MR) is 108 cm³/mol. The van der Waals surface area contributed by atoms with Gasteiger partial charge in [-0.2, -0.15) is 0 Å². The Balaban J connectivity index is 1.35. The molecule has 30 heavy (non-hydrogen) atoms. The van der Waals surface area contributed by atoms with E-state index in [0.717, 1.165) is 36.6 Å². The van der Waals surface area contributed by atoms with E-state index >= 15 is 0 Å². The number of amides is 4. The third-order valence-corrected chi connectivity index (χ3v) is 6.77. The lowest BCUT2D eigenvalue weighted by atomic mass is 9.99. The Morgan fingerprint density at radius 2 is 1.80 bits per heavy atom. The zero-order chi connectivity index (χ0) is 20.8. The van der Waals surface area contributed by atoms with Crippen molar-refractivity contribution in [2.75, 3.05) is 19.6 Å². The fraction of sp³-hybridized carbons (Fsp3) is 0.545. The Morgan fingerprint density at radius 3 is 2.63 bits per heavy atom. The summed E-state index contributed by atoms with van der Waals surface area (Å²) in [4.78, 5) is 52.9. The van der Waals surface area contributed by atoms with Gasteiger partial charge in [0.15, 0.2) is 0 Å². The van der Waals surface area contributed by atoms with Gasteiger partial charge in [0, 0.05) is 32.1 Å². The van der Waals surface area contributed by atoms with Gasteiger partial charge < -0.3 is 5.32 Å². The second kappa shape index (κ2) is 7.59. The molecule has 2 bridgehead atoms. The molecule has 3 unspecified atom stereocenters. The zero-order valence-electron chi connectivity index (χ0n) is 16.9. The molecule has 8 heteroatoms. The number of likely N-dealkylation sites (tertiary alicyclic amines) is 1. The van der Waals surface area contributed by atoms with Crippen LogP contribution in [0.25, 0.3) is 0 Å². The largest absolute Gasteiger partial charge is 0.312 e. The van der Waals surface area contributed by atoms with Crippen molar-refractivity contribution in [3.8, 4) is 0 Å². The Kier molecular flexibility index (Phi) is 4.91. The molecule has 0 aromatic heterocycles. The predicted octanol–water partition coefficient (Wildman–Crippen LogP) is 0.662. The third kappa shape index (κ3) is 3.44.